The molecule has 0 saturated carbocycles. The molecule has 1 aromatic carbocycles. The quantitative estimate of drug-likeness (QED) is 0.560. The molecule has 0 bridgehead atoms. The van der Waals surface area contributed by atoms with Crippen molar-refractivity contribution in [3.05, 3.63) is 62.1 Å². The Morgan fingerprint density at radius 1 is 1.11 bits per heavy atom. The molecule has 0 aliphatic carbocycles. The maximum atomic E-state index is 13.0. The van der Waals surface area contributed by atoms with Gasteiger partial charge >= 0.3 is 5.69 Å². The third-order valence-electron chi connectivity index (χ3n) is 5.29. The van der Waals surface area contributed by atoms with Crippen LogP contribution >= 0.6 is 0 Å². The molecular weight excluding hydrogens is 342 g/mol. The molecule has 0 saturated heterocycles. The fraction of sp³-hybridized carbons (Fsp3) is 0.350. The summed E-state index contributed by atoms with van der Waals surface area (Å²) in [4.78, 5) is 30.3. The van der Waals surface area contributed by atoms with Gasteiger partial charge in [-0.1, -0.05) is 19.1 Å². The number of benzene rings is 1. The molecule has 7 heteroatoms. The molecular formula is C20H23N5O2. The second-order valence-electron chi connectivity index (χ2n) is 7.08. The van der Waals surface area contributed by atoms with E-state index in [1.54, 1.807) is 11.4 Å². The minimum atomic E-state index is -0.329. The van der Waals surface area contributed by atoms with Crippen molar-refractivity contribution < 1.29 is 0 Å². The van der Waals surface area contributed by atoms with Crippen molar-refractivity contribution in [3.8, 4) is 5.69 Å². The van der Waals surface area contributed by atoms with Gasteiger partial charge in [-0.05, 0) is 44.4 Å². The SMILES string of the molecule is CCCn1c(=O)c2c(nc3n(-c4cccc(C)c4C)c(C)cn23)n(C)c1=O. The smallest absolute Gasteiger partial charge is 0.283 e. The van der Waals surface area contributed by atoms with Gasteiger partial charge in [-0.2, -0.15) is 4.98 Å². The van der Waals surface area contributed by atoms with Crippen LogP contribution in [0.1, 0.15) is 30.2 Å². The highest BCUT2D eigenvalue weighted by atomic mass is 16.2. The number of imidazole rings is 2. The highest BCUT2D eigenvalue weighted by molar-refractivity contribution is 5.76. The van der Waals surface area contributed by atoms with Gasteiger partial charge in [0, 0.05) is 25.5 Å². The molecule has 27 heavy (non-hydrogen) atoms. The van der Waals surface area contributed by atoms with Crippen LogP contribution in [-0.2, 0) is 13.6 Å². The van der Waals surface area contributed by atoms with E-state index in [2.05, 4.69) is 24.9 Å². The molecule has 4 rings (SSSR count). The average Bonchev–Trinajstić information content (AvgIpc) is 3.14. The van der Waals surface area contributed by atoms with Crippen molar-refractivity contribution in [2.24, 2.45) is 7.05 Å². The number of aromatic nitrogens is 5. The molecule has 0 unspecified atom stereocenters. The van der Waals surface area contributed by atoms with Crippen LogP contribution in [0.3, 0.4) is 0 Å². The second kappa shape index (κ2) is 5.97. The Hall–Kier alpha value is -3.09. The first kappa shape index (κ1) is 17.3. The summed E-state index contributed by atoms with van der Waals surface area (Å²) in [5, 5.41) is 0. The predicted octanol–water partition coefficient (Wildman–Crippen LogP) is 2.47. The van der Waals surface area contributed by atoms with E-state index in [1.807, 2.05) is 36.7 Å². The van der Waals surface area contributed by atoms with E-state index in [0.29, 0.717) is 29.9 Å². The Labute approximate surface area is 156 Å². The van der Waals surface area contributed by atoms with Gasteiger partial charge in [0.05, 0.1) is 5.69 Å². The van der Waals surface area contributed by atoms with E-state index in [1.165, 1.54) is 14.7 Å². The van der Waals surface area contributed by atoms with Crippen LogP contribution in [0.4, 0.5) is 0 Å². The molecule has 0 N–H and O–H groups in total. The van der Waals surface area contributed by atoms with Crippen LogP contribution in [0.15, 0.2) is 34.0 Å². The number of fused-ring (bicyclic) bond motifs is 3. The Bertz CT molecular complexity index is 1320. The molecule has 7 nitrogen and oxygen atoms in total. The summed E-state index contributed by atoms with van der Waals surface area (Å²) in [6, 6.07) is 6.13. The molecule has 4 aromatic rings. The highest BCUT2D eigenvalue weighted by Gasteiger charge is 2.21. The summed E-state index contributed by atoms with van der Waals surface area (Å²) >= 11 is 0. The van der Waals surface area contributed by atoms with Crippen molar-refractivity contribution in [2.75, 3.05) is 0 Å². The van der Waals surface area contributed by atoms with Crippen LogP contribution in [0.25, 0.3) is 22.6 Å². The van der Waals surface area contributed by atoms with E-state index in [9.17, 15) is 9.59 Å². The standard InChI is InChI=1S/C20H23N5O2/c1-6-10-23-18(26)16-17(22(5)20(23)27)21-19-24(16)11-13(3)25(19)15-9-7-8-12(2)14(15)4/h7-9,11H,6,10H2,1-5H3. The minimum Gasteiger partial charge on any atom is -0.283 e. The summed E-state index contributed by atoms with van der Waals surface area (Å²) in [6.07, 6.45) is 2.62. The van der Waals surface area contributed by atoms with E-state index >= 15 is 0 Å². The van der Waals surface area contributed by atoms with Crippen molar-refractivity contribution in [2.45, 2.75) is 40.7 Å². The van der Waals surface area contributed by atoms with Crippen LogP contribution in [-0.4, -0.2) is 23.1 Å². The lowest BCUT2D eigenvalue weighted by atomic mass is 10.1. The maximum Gasteiger partial charge on any atom is 0.332 e. The van der Waals surface area contributed by atoms with Crippen LogP contribution < -0.4 is 11.2 Å². The van der Waals surface area contributed by atoms with Gasteiger partial charge in [-0.15, -0.1) is 0 Å². The van der Waals surface area contributed by atoms with E-state index in [4.69, 9.17) is 0 Å². The minimum absolute atomic E-state index is 0.291. The third-order valence-corrected chi connectivity index (χ3v) is 5.29. The average molecular weight is 365 g/mol. The van der Waals surface area contributed by atoms with Gasteiger partial charge in [0.2, 0.25) is 5.78 Å². The molecule has 0 amide bonds. The van der Waals surface area contributed by atoms with Gasteiger partial charge < -0.3 is 0 Å². The van der Waals surface area contributed by atoms with Crippen molar-refractivity contribution >= 4 is 16.9 Å². The fourth-order valence-corrected chi connectivity index (χ4v) is 3.71. The summed E-state index contributed by atoms with van der Waals surface area (Å²) in [7, 11) is 1.66. The first-order chi connectivity index (χ1) is 12.9. The first-order valence-corrected chi connectivity index (χ1v) is 9.13. The lowest BCUT2D eigenvalue weighted by Crippen LogP contribution is -2.39. The molecule has 0 atom stereocenters. The zero-order valence-corrected chi connectivity index (χ0v) is 16.3. The van der Waals surface area contributed by atoms with E-state index in [0.717, 1.165) is 16.9 Å². The van der Waals surface area contributed by atoms with Crippen LogP contribution in [0.2, 0.25) is 0 Å². The molecule has 0 fully saturated rings. The van der Waals surface area contributed by atoms with Crippen molar-refractivity contribution in [1.29, 1.82) is 0 Å². The number of hydrogen-bond acceptors (Lipinski definition) is 3. The number of rotatable bonds is 3. The number of hydrogen-bond donors (Lipinski definition) is 0. The van der Waals surface area contributed by atoms with Crippen molar-refractivity contribution in [1.82, 2.24) is 23.1 Å². The zero-order valence-electron chi connectivity index (χ0n) is 16.3. The topological polar surface area (TPSA) is 66.2 Å². The second-order valence-corrected chi connectivity index (χ2v) is 7.08. The first-order valence-electron chi connectivity index (χ1n) is 9.13. The molecule has 0 aliphatic heterocycles. The fourth-order valence-electron chi connectivity index (χ4n) is 3.71. The highest BCUT2D eigenvalue weighted by Crippen LogP contribution is 2.24. The molecule has 0 spiro atoms. The largest absolute Gasteiger partial charge is 0.332 e. The number of aryl methyl sites for hydroxylation is 3. The zero-order chi connectivity index (χ0) is 19.5. The van der Waals surface area contributed by atoms with Crippen LogP contribution in [0.5, 0.6) is 0 Å². The van der Waals surface area contributed by atoms with Gasteiger partial charge in [0.15, 0.2) is 11.2 Å². The normalized spacial score (nSPS) is 11.7. The Balaban J connectivity index is 2.17. The molecule has 0 radical (unpaired) electrons. The lowest BCUT2D eigenvalue weighted by molar-refractivity contribution is 0.592. The summed E-state index contributed by atoms with van der Waals surface area (Å²) in [6.45, 7) is 8.49. The van der Waals surface area contributed by atoms with Gasteiger partial charge in [0.1, 0.15) is 0 Å². The van der Waals surface area contributed by atoms with Gasteiger partial charge in [-0.3, -0.25) is 22.9 Å². The molecule has 3 heterocycles. The third kappa shape index (κ3) is 2.31. The predicted molar refractivity (Wildman–Crippen MR) is 106 cm³/mol. The molecule has 0 aliphatic rings. The molecule has 140 valence electrons. The molecule has 3 aromatic heterocycles. The van der Waals surface area contributed by atoms with Gasteiger partial charge in [-0.25, -0.2) is 4.79 Å². The van der Waals surface area contributed by atoms with Crippen LogP contribution in [0, 0.1) is 20.8 Å². The summed E-state index contributed by atoms with van der Waals surface area (Å²) < 4.78 is 6.60. The summed E-state index contributed by atoms with van der Waals surface area (Å²) in [5.41, 5.74) is 4.57. The summed E-state index contributed by atoms with van der Waals surface area (Å²) in [5.74, 6) is 0.637. The Morgan fingerprint density at radius 2 is 1.85 bits per heavy atom. The van der Waals surface area contributed by atoms with Crippen molar-refractivity contribution in [3.63, 3.8) is 0 Å². The van der Waals surface area contributed by atoms with E-state index in [-0.39, 0.29) is 11.2 Å². The monoisotopic (exact) mass is 365 g/mol. The number of nitrogens with zero attached hydrogens (tertiary/aromatic N) is 5. The van der Waals surface area contributed by atoms with Gasteiger partial charge in [0.25, 0.3) is 5.56 Å². The Morgan fingerprint density at radius 3 is 2.56 bits per heavy atom. The van der Waals surface area contributed by atoms with E-state index < -0.39 is 0 Å². The Kier molecular flexibility index (Phi) is 3.83. The maximum absolute atomic E-state index is 13.0. The lowest BCUT2D eigenvalue weighted by Gasteiger charge is -2.11.